The number of amides is 1. The molecule has 1 atom stereocenters. The molecule has 17 heavy (non-hydrogen) atoms. The lowest BCUT2D eigenvalue weighted by Crippen LogP contribution is -2.30. The highest BCUT2D eigenvalue weighted by molar-refractivity contribution is 9.10. The van der Waals surface area contributed by atoms with E-state index in [2.05, 4.69) is 15.9 Å². The van der Waals surface area contributed by atoms with Gasteiger partial charge in [0.15, 0.2) is 0 Å². The van der Waals surface area contributed by atoms with Crippen LogP contribution in [0.3, 0.4) is 0 Å². The molecule has 1 N–H and O–H groups in total. The number of hydrogen-bond acceptors (Lipinski definition) is 3. The average Bonchev–Trinajstić information content (AvgIpc) is 2.80. The summed E-state index contributed by atoms with van der Waals surface area (Å²) in [5, 5.41) is 9.69. The van der Waals surface area contributed by atoms with Crippen molar-refractivity contribution >= 4 is 21.8 Å². The summed E-state index contributed by atoms with van der Waals surface area (Å²) < 4.78 is 5.99. The van der Waals surface area contributed by atoms with Crippen molar-refractivity contribution in [1.82, 2.24) is 4.90 Å². The van der Waals surface area contributed by atoms with Gasteiger partial charge in [-0.15, -0.1) is 0 Å². The molecular formula is C12H14BrNO3. The number of phenols is 1. The number of carbonyl (C=O) groups is 1. The molecule has 1 amide bonds. The van der Waals surface area contributed by atoms with Crippen molar-refractivity contribution in [1.29, 1.82) is 0 Å². The Morgan fingerprint density at radius 1 is 1.59 bits per heavy atom. The fraction of sp³-hybridized carbons (Fsp3) is 0.417. The molecule has 0 spiro atoms. The molecule has 1 aliphatic rings. The van der Waals surface area contributed by atoms with Gasteiger partial charge in [-0.2, -0.15) is 0 Å². The predicted molar refractivity (Wildman–Crippen MR) is 67.1 cm³/mol. The molecular weight excluding hydrogens is 286 g/mol. The van der Waals surface area contributed by atoms with E-state index in [1.165, 1.54) is 6.07 Å². The number of carbonyl (C=O) groups excluding carboxylic acids is 1. The number of likely N-dealkylation sites (tertiary alicyclic amines) is 1. The van der Waals surface area contributed by atoms with Crippen LogP contribution in [0.5, 0.6) is 5.75 Å². The number of rotatable bonds is 2. The van der Waals surface area contributed by atoms with E-state index in [0.29, 0.717) is 18.7 Å². The van der Waals surface area contributed by atoms with Crippen LogP contribution >= 0.6 is 15.9 Å². The second-order valence-electron chi connectivity index (χ2n) is 4.06. The highest BCUT2D eigenvalue weighted by Crippen LogP contribution is 2.25. The van der Waals surface area contributed by atoms with Crippen LogP contribution < -0.4 is 0 Å². The second-order valence-corrected chi connectivity index (χ2v) is 4.97. The monoisotopic (exact) mass is 299 g/mol. The number of methoxy groups -OCH3 is 1. The normalized spacial score (nSPS) is 19.6. The molecule has 1 aromatic rings. The number of phenolic OH excluding ortho intramolecular Hbond substituents is 1. The molecule has 0 aliphatic carbocycles. The molecule has 5 heteroatoms. The predicted octanol–water partition coefficient (Wildman–Crippen LogP) is 2.02. The van der Waals surface area contributed by atoms with E-state index in [4.69, 9.17) is 4.74 Å². The first kappa shape index (κ1) is 12.4. The van der Waals surface area contributed by atoms with Gasteiger partial charge in [-0.1, -0.05) is 15.9 Å². The van der Waals surface area contributed by atoms with Crippen LogP contribution in [-0.2, 0) is 4.74 Å². The van der Waals surface area contributed by atoms with Gasteiger partial charge in [-0.25, -0.2) is 0 Å². The summed E-state index contributed by atoms with van der Waals surface area (Å²) in [5.74, 6) is -0.137. The largest absolute Gasteiger partial charge is 0.507 e. The summed E-state index contributed by atoms with van der Waals surface area (Å²) in [7, 11) is 1.65. The van der Waals surface area contributed by atoms with Crippen LogP contribution in [0.25, 0.3) is 0 Å². The van der Waals surface area contributed by atoms with Gasteiger partial charge in [0.1, 0.15) is 5.75 Å². The summed E-state index contributed by atoms with van der Waals surface area (Å²) in [5.41, 5.74) is 0.330. The summed E-state index contributed by atoms with van der Waals surface area (Å²) in [4.78, 5) is 13.9. The fourth-order valence-corrected chi connectivity index (χ4v) is 2.32. The Kier molecular flexibility index (Phi) is 3.69. The Hall–Kier alpha value is -1.07. The van der Waals surface area contributed by atoms with Gasteiger partial charge in [-0.3, -0.25) is 4.79 Å². The Morgan fingerprint density at radius 3 is 3.00 bits per heavy atom. The fourth-order valence-electron chi connectivity index (χ4n) is 1.95. The molecule has 0 bridgehead atoms. The van der Waals surface area contributed by atoms with Crippen molar-refractivity contribution in [3.8, 4) is 5.75 Å². The van der Waals surface area contributed by atoms with Crippen LogP contribution in [0.15, 0.2) is 22.7 Å². The second kappa shape index (κ2) is 5.06. The van der Waals surface area contributed by atoms with E-state index in [9.17, 15) is 9.90 Å². The van der Waals surface area contributed by atoms with Crippen molar-refractivity contribution in [3.05, 3.63) is 28.2 Å². The lowest BCUT2D eigenvalue weighted by atomic mass is 10.2. The third kappa shape index (κ3) is 2.61. The third-order valence-corrected chi connectivity index (χ3v) is 3.45. The molecule has 4 nitrogen and oxygen atoms in total. The molecule has 1 heterocycles. The van der Waals surface area contributed by atoms with Crippen molar-refractivity contribution in [3.63, 3.8) is 0 Å². The zero-order chi connectivity index (χ0) is 12.4. The molecule has 1 aliphatic heterocycles. The first-order chi connectivity index (χ1) is 8.11. The molecule has 1 fully saturated rings. The summed E-state index contributed by atoms with van der Waals surface area (Å²) in [6.45, 7) is 1.25. The Labute approximate surface area is 108 Å². The molecule has 1 aromatic carbocycles. The Bertz CT molecular complexity index is 436. The quantitative estimate of drug-likeness (QED) is 0.909. The van der Waals surface area contributed by atoms with Gasteiger partial charge < -0.3 is 14.7 Å². The van der Waals surface area contributed by atoms with Crippen LogP contribution in [0.2, 0.25) is 0 Å². The minimum atomic E-state index is -0.150. The lowest BCUT2D eigenvalue weighted by molar-refractivity contribution is 0.0721. The zero-order valence-corrected chi connectivity index (χ0v) is 11.1. The van der Waals surface area contributed by atoms with Gasteiger partial charge in [-0.05, 0) is 24.6 Å². The van der Waals surface area contributed by atoms with Gasteiger partial charge in [0.25, 0.3) is 5.91 Å². The minimum Gasteiger partial charge on any atom is -0.507 e. The zero-order valence-electron chi connectivity index (χ0n) is 9.52. The van der Waals surface area contributed by atoms with Crippen LogP contribution in [0.1, 0.15) is 16.8 Å². The summed E-state index contributed by atoms with van der Waals surface area (Å²) in [6, 6.07) is 4.85. The first-order valence-electron chi connectivity index (χ1n) is 5.42. The van der Waals surface area contributed by atoms with Crippen LogP contribution in [-0.4, -0.2) is 42.2 Å². The van der Waals surface area contributed by atoms with Crippen molar-refractivity contribution in [2.45, 2.75) is 12.5 Å². The van der Waals surface area contributed by atoms with E-state index >= 15 is 0 Å². The maximum Gasteiger partial charge on any atom is 0.257 e. The van der Waals surface area contributed by atoms with Gasteiger partial charge in [0.05, 0.1) is 11.7 Å². The van der Waals surface area contributed by atoms with Crippen molar-refractivity contribution < 1.29 is 14.6 Å². The van der Waals surface area contributed by atoms with E-state index < -0.39 is 0 Å². The van der Waals surface area contributed by atoms with Gasteiger partial charge in [0.2, 0.25) is 0 Å². The summed E-state index contributed by atoms with van der Waals surface area (Å²) in [6.07, 6.45) is 0.949. The molecule has 92 valence electrons. The highest BCUT2D eigenvalue weighted by Gasteiger charge is 2.28. The van der Waals surface area contributed by atoms with Gasteiger partial charge in [0, 0.05) is 24.7 Å². The maximum absolute atomic E-state index is 12.2. The van der Waals surface area contributed by atoms with E-state index in [-0.39, 0.29) is 17.8 Å². The first-order valence-corrected chi connectivity index (χ1v) is 6.21. The molecule has 1 unspecified atom stereocenters. The maximum atomic E-state index is 12.2. The number of ether oxygens (including phenoxy) is 1. The molecule has 0 aromatic heterocycles. The van der Waals surface area contributed by atoms with Crippen LogP contribution in [0.4, 0.5) is 0 Å². The number of benzene rings is 1. The average molecular weight is 300 g/mol. The number of hydrogen-bond donors (Lipinski definition) is 1. The topological polar surface area (TPSA) is 49.8 Å². The SMILES string of the molecule is COC1CCN(C(=O)c2cc(Br)ccc2O)C1. The van der Waals surface area contributed by atoms with Crippen LogP contribution in [0, 0.1) is 0 Å². The third-order valence-electron chi connectivity index (χ3n) is 2.95. The lowest BCUT2D eigenvalue weighted by Gasteiger charge is -2.17. The Balaban J connectivity index is 2.17. The number of nitrogens with zero attached hydrogens (tertiary/aromatic N) is 1. The van der Waals surface area contributed by atoms with Crippen molar-refractivity contribution in [2.75, 3.05) is 20.2 Å². The van der Waals surface area contributed by atoms with Gasteiger partial charge >= 0.3 is 0 Å². The number of aromatic hydroxyl groups is 1. The summed E-state index contributed by atoms with van der Waals surface area (Å²) >= 11 is 3.29. The molecule has 1 saturated heterocycles. The molecule has 0 saturated carbocycles. The molecule has 2 rings (SSSR count). The minimum absolute atomic E-state index is 0.0130. The highest BCUT2D eigenvalue weighted by atomic mass is 79.9. The molecule has 0 radical (unpaired) electrons. The smallest absolute Gasteiger partial charge is 0.257 e. The van der Waals surface area contributed by atoms with E-state index in [1.807, 2.05) is 0 Å². The number of halogens is 1. The Morgan fingerprint density at radius 2 is 2.35 bits per heavy atom. The van der Waals surface area contributed by atoms with Crippen molar-refractivity contribution in [2.24, 2.45) is 0 Å². The van der Waals surface area contributed by atoms with E-state index in [0.717, 1.165) is 10.9 Å². The van der Waals surface area contributed by atoms with E-state index in [1.54, 1.807) is 24.1 Å². The standard InChI is InChI=1S/C12H14BrNO3/c1-17-9-4-5-14(7-9)12(16)10-6-8(13)2-3-11(10)15/h2-3,6,9,15H,4-5,7H2,1H3.